The highest BCUT2D eigenvalue weighted by Crippen LogP contribution is 2.20. The fourth-order valence-electron chi connectivity index (χ4n) is 3.21. The number of nitrogens with zero attached hydrogens (tertiary/aromatic N) is 1. The van der Waals surface area contributed by atoms with Gasteiger partial charge in [0.15, 0.2) is 0 Å². The molecule has 1 aliphatic rings. The van der Waals surface area contributed by atoms with Gasteiger partial charge in [-0.05, 0) is 61.7 Å². The summed E-state index contributed by atoms with van der Waals surface area (Å²) in [6, 6.07) is 15.2. The first-order valence-electron chi connectivity index (χ1n) is 9.73. The topological polar surface area (TPSA) is 58.6 Å². The van der Waals surface area contributed by atoms with Crippen molar-refractivity contribution in [1.29, 1.82) is 0 Å². The van der Waals surface area contributed by atoms with Crippen LogP contribution in [0.1, 0.15) is 35.7 Å². The molecular weight excluding hydrogens is 372 g/mol. The van der Waals surface area contributed by atoms with Gasteiger partial charge in [0, 0.05) is 65.5 Å². The fourth-order valence-corrected chi connectivity index (χ4v) is 4.67. The van der Waals surface area contributed by atoms with Crippen LogP contribution in [0.2, 0.25) is 0 Å². The summed E-state index contributed by atoms with van der Waals surface area (Å²) in [5, 5.41) is 3.14. The number of carbonyl (C=O) groups is 1. The van der Waals surface area contributed by atoms with E-state index in [2.05, 4.69) is 17.1 Å². The molecule has 2 aromatic carbocycles. The van der Waals surface area contributed by atoms with Crippen LogP contribution in [0.5, 0.6) is 0 Å². The molecule has 1 saturated heterocycles. The third kappa shape index (κ3) is 5.42. The third-order valence-electron chi connectivity index (χ3n) is 5.08. The highest BCUT2D eigenvalue weighted by atomic mass is 32.2. The van der Waals surface area contributed by atoms with Gasteiger partial charge in [-0.15, -0.1) is 0 Å². The second-order valence-electron chi connectivity index (χ2n) is 7.05. The van der Waals surface area contributed by atoms with Crippen molar-refractivity contribution < 1.29 is 13.7 Å². The molecule has 1 fully saturated rings. The van der Waals surface area contributed by atoms with E-state index in [-0.39, 0.29) is 11.2 Å². The minimum absolute atomic E-state index is 0.145. The molecule has 3 rings (SSSR count). The summed E-state index contributed by atoms with van der Waals surface area (Å²) < 4.78 is 17.9. The van der Waals surface area contributed by atoms with E-state index < -0.39 is 10.8 Å². The van der Waals surface area contributed by atoms with E-state index in [0.29, 0.717) is 24.5 Å². The maximum atomic E-state index is 12.6. The second-order valence-corrected chi connectivity index (χ2v) is 8.77. The van der Waals surface area contributed by atoms with Gasteiger partial charge in [-0.3, -0.25) is 9.00 Å². The van der Waals surface area contributed by atoms with Gasteiger partial charge in [0.1, 0.15) is 0 Å². The van der Waals surface area contributed by atoms with Crippen molar-refractivity contribution in [3.8, 4) is 0 Å². The van der Waals surface area contributed by atoms with Gasteiger partial charge in [-0.25, -0.2) is 0 Å². The van der Waals surface area contributed by atoms with Gasteiger partial charge in [-0.1, -0.05) is 12.1 Å². The predicted molar refractivity (Wildman–Crippen MR) is 115 cm³/mol. The summed E-state index contributed by atoms with van der Waals surface area (Å²) in [5.41, 5.74) is 3.39. The largest absolute Gasteiger partial charge is 0.381 e. The Labute approximate surface area is 169 Å². The number of ether oxygens (including phenoxy) is 1. The lowest BCUT2D eigenvalue weighted by atomic mass is 10.1. The average Bonchev–Trinajstić information content (AvgIpc) is 2.74. The Kier molecular flexibility index (Phi) is 7.23. The molecule has 6 heteroatoms. The molecule has 0 aliphatic carbocycles. The number of hydrogen-bond donors (Lipinski definition) is 1. The Bertz CT molecular complexity index is 817. The van der Waals surface area contributed by atoms with E-state index >= 15 is 0 Å². The summed E-state index contributed by atoms with van der Waals surface area (Å²) in [4.78, 5) is 14.7. The Morgan fingerprint density at radius 1 is 1.18 bits per heavy atom. The molecule has 28 heavy (non-hydrogen) atoms. The van der Waals surface area contributed by atoms with Gasteiger partial charge < -0.3 is 15.0 Å². The van der Waals surface area contributed by atoms with Crippen molar-refractivity contribution in [3.63, 3.8) is 0 Å². The molecule has 0 radical (unpaired) electrons. The Morgan fingerprint density at radius 2 is 1.89 bits per heavy atom. The Balaban J connectivity index is 1.62. The monoisotopic (exact) mass is 400 g/mol. The number of rotatable bonds is 7. The van der Waals surface area contributed by atoms with E-state index in [1.807, 2.05) is 55.6 Å². The van der Waals surface area contributed by atoms with Crippen molar-refractivity contribution in [1.82, 2.24) is 0 Å². The predicted octanol–water partition coefficient (Wildman–Crippen LogP) is 3.82. The Morgan fingerprint density at radius 3 is 2.57 bits per heavy atom. The van der Waals surface area contributed by atoms with Gasteiger partial charge in [0.25, 0.3) is 5.91 Å². The number of nitrogens with one attached hydrogen (secondary N) is 1. The SMILES string of the molecule is CCN(C)c1ccc(C(=O)Nc2cccc(CS(=O)C3CCOCC3)c2)cc1. The van der Waals surface area contributed by atoms with E-state index in [4.69, 9.17) is 4.74 Å². The first kappa shape index (κ1) is 20.6. The number of benzene rings is 2. The van der Waals surface area contributed by atoms with Crippen LogP contribution in [0.15, 0.2) is 48.5 Å². The lowest BCUT2D eigenvalue weighted by Crippen LogP contribution is -2.25. The first-order chi connectivity index (χ1) is 13.6. The first-order valence-corrected chi connectivity index (χ1v) is 11.1. The standard InChI is InChI=1S/C22H28N2O3S/c1-3-24(2)20-9-7-18(8-10-20)22(25)23-19-6-4-5-17(15-19)16-28(26)21-11-13-27-14-12-21/h4-10,15,21H,3,11-14,16H2,1-2H3,(H,23,25). The lowest BCUT2D eigenvalue weighted by Gasteiger charge is -2.21. The van der Waals surface area contributed by atoms with E-state index in [9.17, 15) is 9.00 Å². The molecule has 0 bridgehead atoms. The molecular formula is C22H28N2O3S. The molecule has 1 heterocycles. The van der Waals surface area contributed by atoms with Crippen molar-refractivity contribution in [2.24, 2.45) is 0 Å². The quantitative estimate of drug-likeness (QED) is 0.768. The minimum atomic E-state index is -0.920. The van der Waals surface area contributed by atoms with Crippen LogP contribution in [-0.2, 0) is 21.3 Å². The lowest BCUT2D eigenvalue weighted by molar-refractivity contribution is 0.0991. The van der Waals surface area contributed by atoms with Gasteiger partial charge in [-0.2, -0.15) is 0 Å². The minimum Gasteiger partial charge on any atom is -0.381 e. The van der Waals surface area contributed by atoms with Crippen LogP contribution in [0.3, 0.4) is 0 Å². The molecule has 150 valence electrons. The van der Waals surface area contributed by atoms with E-state index in [1.165, 1.54) is 0 Å². The smallest absolute Gasteiger partial charge is 0.255 e. The van der Waals surface area contributed by atoms with Crippen LogP contribution in [-0.4, -0.2) is 42.2 Å². The average molecular weight is 401 g/mol. The molecule has 5 nitrogen and oxygen atoms in total. The van der Waals surface area contributed by atoms with Crippen LogP contribution in [0.4, 0.5) is 11.4 Å². The van der Waals surface area contributed by atoms with Crippen molar-refractivity contribution >= 4 is 28.1 Å². The Hall–Kier alpha value is -2.18. The maximum Gasteiger partial charge on any atom is 0.255 e. The molecule has 1 atom stereocenters. The summed E-state index contributed by atoms with van der Waals surface area (Å²) in [6.45, 7) is 4.38. The van der Waals surface area contributed by atoms with Crippen molar-refractivity contribution in [2.75, 3.05) is 37.0 Å². The molecule has 0 spiro atoms. The highest BCUT2D eigenvalue weighted by Gasteiger charge is 2.20. The second kappa shape index (κ2) is 9.85. The van der Waals surface area contributed by atoms with Crippen LogP contribution < -0.4 is 10.2 Å². The molecule has 1 amide bonds. The van der Waals surface area contributed by atoms with Gasteiger partial charge >= 0.3 is 0 Å². The zero-order valence-corrected chi connectivity index (χ0v) is 17.3. The zero-order valence-electron chi connectivity index (χ0n) is 16.5. The highest BCUT2D eigenvalue weighted by molar-refractivity contribution is 7.84. The number of carbonyl (C=O) groups excluding carboxylic acids is 1. The number of amides is 1. The summed E-state index contributed by atoms with van der Waals surface area (Å²) in [5.74, 6) is 0.361. The summed E-state index contributed by atoms with van der Waals surface area (Å²) in [7, 11) is 1.10. The molecule has 1 unspecified atom stereocenters. The van der Waals surface area contributed by atoms with E-state index in [1.54, 1.807) is 0 Å². The van der Waals surface area contributed by atoms with Gasteiger partial charge in [0.2, 0.25) is 0 Å². The van der Waals surface area contributed by atoms with Crippen LogP contribution in [0, 0.1) is 0 Å². The van der Waals surface area contributed by atoms with E-state index in [0.717, 1.165) is 36.3 Å². The molecule has 2 aromatic rings. The van der Waals surface area contributed by atoms with Crippen LogP contribution >= 0.6 is 0 Å². The molecule has 0 aromatic heterocycles. The summed E-state index contributed by atoms with van der Waals surface area (Å²) >= 11 is 0. The molecule has 1 aliphatic heterocycles. The van der Waals surface area contributed by atoms with Gasteiger partial charge in [0.05, 0.1) is 0 Å². The normalized spacial score (nSPS) is 15.8. The maximum absolute atomic E-state index is 12.6. The number of hydrogen-bond acceptors (Lipinski definition) is 4. The van der Waals surface area contributed by atoms with Crippen molar-refractivity contribution in [2.45, 2.75) is 30.8 Å². The zero-order chi connectivity index (χ0) is 19.9. The summed E-state index contributed by atoms with van der Waals surface area (Å²) in [6.07, 6.45) is 1.71. The molecule has 1 N–H and O–H groups in total. The van der Waals surface area contributed by atoms with Crippen molar-refractivity contribution in [3.05, 3.63) is 59.7 Å². The fraction of sp³-hybridized carbons (Fsp3) is 0.409. The molecule has 0 saturated carbocycles. The number of anilines is 2. The van der Waals surface area contributed by atoms with Crippen LogP contribution in [0.25, 0.3) is 0 Å². The third-order valence-corrected chi connectivity index (χ3v) is 6.91.